The summed E-state index contributed by atoms with van der Waals surface area (Å²) >= 11 is 0. The molecule has 3 nitrogen and oxygen atoms in total. The summed E-state index contributed by atoms with van der Waals surface area (Å²) in [6.07, 6.45) is 0.970. The number of rotatable bonds is 4. The van der Waals surface area contributed by atoms with Crippen LogP contribution in [0.4, 0.5) is 4.39 Å². The van der Waals surface area contributed by atoms with Crippen LogP contribution in [0, 0.1) is 12.7 Å². The van der Waals surface area contributed by atoms with Crippen molar-refractivity contribution in [2.24, 2.45) is 0 Å². The molecule has 2 rings (SSSR count). The summed E-state index contributed by atoms with van der Waals surface area (Å²) in [4.78, 5) is 2.18. The molecule has 1 N–H and O–H groups in total. The lowest BCUT2D eigenvalue weighted by Crippen LogP contribution is -2.43. The van der Waals surface area contributed by atoms with Gasteiger partial charge in [-0.1, -0.05) is 12.1 Å². The zero-order valence-electron chi connectivity index (χ0n) is 11.9. The summed E-state index contributed by atoms with van der Waals surface area (Å²) in [6.45, 7) is 4.27. The van der Waals surface area contributed by atoms with Crippen LogP contribution < -0.4 is 5.32 Å². The molecule has 0 amide bonds. The summed E-state index contributed by atoms with van der Waals surface area (Å²) in [6, 6.07) is 6.04. The summed E-state index contributed by atoms with van der Waals surface area (Å²) in [7, 11) is 4.13. The van der Waals surface area contributed by atoms with Crippen molar-refractivity contribution in [3.63, 3.8) is 0 Å². The Labute approximate surface area is 114 Å². The lowest BCUT2D eigenvalue weighted by atomic mass is 9.96. The minimum absolute atomic E-state index is 0.139. The standard InChI is InChI=1S/C15H23FN2O/c1-11-8-12(4-5-14(11)16)15(18(2)3)9-13-10-19-7-6-17-13/h4-5,8,13,15,17H,6-7,9-10H2,1-3H3. The third kappa shape index (κ3) is 3.75. The third-order valence-electron chi connectivity index (χ3n) is 3.70. The molecule has 1 saturated heterocycles. The summed E-state index contributed by atoms with van der Waals surface area (Å²) < 4.78 is 18.9. The molecule has 0 saturated carbocycles. The number of halogens is 1. The normalized spacial score (nSPS) is 21.6. The van der Waals surface area contributed by atoms with Crippen molar-refractivity contribution in [3.8, 4) is 0 Å². The molecule has 1 aliphatic heterocycles. The maximum Gasteiger partial charge on any atom is 0.126 e. The molecule has 19 heavy (non-hydrogen) atoms. The molecule has 4 heteroatoms. The van der Waals surface area contributed by atoms with E-state index in [-0.39, 0.29) is 11.9 Å². The van der Waals surface area contributed by atoms with E-state index in [1.807, 2.05) is 19.1 Å². The van der Waals surface area contributed by atoms with E-state index >= 15 is 0 Å². The first-order valence-electron chi connectivity index (χ1n) is 6.81. The Morgan fingerprint density at radius 1 is 1.47 bits per heavy atom. The van der Waals surface area contributed by atoms with Gasteiger partial charge in [0.15, 0.2) is 0 Å². The SMILES string of the molecule is Cc1cc(C(CC2COCCN2)N(C)C)ccc1F. The van der Waals surface area contributed by atoms with Crippen LogP contribution in [0.2, 0.25) is 0 Å². The van der Waals surface area contributed by atoms with E-state index < -0.39 is 0 Å². The van der Waals surface area contributed by atoms with Crippen LogP contribution in [0.3, 0.4) is 0 Å². The Hall–Kier alpha value is -0.970. The molecule has 1 aromatic rings. The van der Waals surface area contributed by atoms with E-state index in [4.69, 9.17) is 4.74 Å². The van der Waals surface area contributed by atoms with Crippen molar-refractivity contribution < 1.29 is 9.13 Å². The predicted octanol–water partition coefficient (Wildman–Crippen LogP) is 2.12. The van der Waals surface area contributed by atoms with Gasteiger partial charge in [-0.15, -0.1) is 0 Å². The Balaban J connectivity index is 2.12. The zero-order valence-corrected chi connectivity index (χ0v) is 11.9. The molecule has 106 valence electrons. The van der Waals surface area contributed by atoms with Gasteiger partial charge in [0.1, 0.15) is 5.82 Å². The molecule has 0 aromatic heterocycles. The van der Waals surface area contributed by atoms with Gasteiger partial charge in [0.05, 0.1) is 13.2 Å². The van der Waals surface area contributed by atoms with Crippen LogP contribution in [-0.2, 0) is 4.74 Å². The number of hydrogen-bond donors (Lipinski definition) is 1. The second-order valence-corrected chi connectivity index (χ2v) is 5.45. The fourth-order valence-electron chi connectivity index (χ4n) is 2.56. The molecule has 1 heterocycles. The average molecular weight is 266 g/mol. The maximum absolute atomic E-state index is 13.4. The predicted molar refractivity (Wildman–Crippen MR) is 74.8 cm³/mol. The first-order chi connectivity index (χ1) is 9.08. The van der Waals surface area contributed by atoms with Crippen molar-refractivity contribution in [2.75, 3.05) is 33.9 Å². The summed E-state index contributed by atoms with van der Waals surface area (Å²) in [5.41, 5.74) is 1.87. The second kappa shape index (κ2) is 6.46. The molecule has 2 atom stereocenters. The number of nitrogens with zero attached hydrogens (tertiary/aromatic N) is 1. The smallest absolute Gasteiger partial charge is 0.126 e. The third-order valence-corrected chi connectivity index (χ3v) is 3.70. The van der Waals surface area contributed by atoms with E-state index in [2.05, 4.69) is 24.3 Å². The Morgan fingerprint density at radius 2 is 2.26 bits per heavy atom. The van der Waals surface area contributed by atoms with Crippen molar-refractivity contribution >= 4 is 0 Å². The van der Waals surface area contributed by atoms with E-state index in [9.17, 15) is 4.39 Å². The number of ether oxygens (including phenoxy) is 1. The van der Waals surface area contributed by atoms with Gasteiger partial charge in [-0.2, -0.15) is 0 Å². The molecule has 1 aromatic carbocycles. The van der Waals surface area contributed by atoms with Gasteiger partial charge in [-0.25, -0.2) is 4.39 Å². The van der Waals surface area contributed by atoms with Crippen LogP contribution >= 0.6 is 0 Å². The number of aryl methyl sites for hydroxylation is 1. The molecule has 0 bridgehead atoms. The van der Waals surface area contributed by atoms with Gasteiger partial charge >= 0.3 is 0 Å². The van der Waals surface area contributed by atoms with Crippen molar-refractivity contribution in [1.29, 1.82) is 0 Å². The molecule has 0 aliphatic carbocycles. The Morgan fingerprint density at radius 3 is 2.84 bits per heavy atom. The van der Waals surface area contributed by atoms with E-state index in [1.54, 1.807) is 6.07 Å². The monoisotopic (exact) mass is 266 g/mol. The minimum Gasteiger partial charge on any atom is -0.379 e. The van der Waals surface area contributed by atoms with Crippen molar-refractivity contribution in [1.82, 2.24) is 10.2 Å². The van der Waals surface area contributed by atoms with Gasteiger partial charge in [-0.05, 0) is 44.6 Å². The highest BCUT2D eigenvalue weighted by Gasteiger charge is 2.22. The highest BCUT2D eigenvalue weighted by molar-refractivity contribution is 5.26. The van der Waals surface area contributed by atoms with E-state index in [1.165, 1.54) is 0 Å². The highest BCUT2D eigenvalue weighted by atomic mass is 19.1. The molecule has 1 aliphatic rings. The number of morpholine rings is 1. The first-order valence-corrected chi connectivity index (χ1v) is 6.81. The molecule has 2 unspecified atom stereocenters. The van der Waals surface area contributed by atoms with Gasteiger partial charge in [0.25, 0.3) is 0 Å². The van der Waals surface area contributed by atoms with Gasteiger partial charge in [0, 0.05) is 18.6 Å². The number of hydrogen-bond acceptors (Lipinski definition) is 3. The number of nitrogens with one attached hydrogen (secondary N) is 1. The van der Waals surface area contributed by atoms with E-state index in [0.717, 1.165) is 31.7 Å². The van der Waals surface area contributed by atoms with Crippen LogP contribution in [0.1, 0.15) is 23.6 Å². The van der Waals surface area contributed by atoms with Gasteiger partial charge in [-0.3, -0.25) is 0 Å². The average Bonchev–Trinajstić information content (AvgIpc) is 2.40. The van der Waals surface area contributed by atoms with Crippen molar-refractivity contribution in [2.45, 2.75) is 25.4 Å². The highest BCUT2D eigenvalue weighted by Crippen LogP contribution is 2.25. The maximum atomic E-state index is 13.4. The largest absolute Gasteiger partial charge is 0.379 e. The number of benzene rings is 1. The first kappa shape index (κ1) is 14.4. The zero-order chi connectivity index (χ0) is 13.8. The Kier molecular flexibility index (Phi) is 4.91. The molecular weight excluding hydrogens is 243 g/mol. The fourth-order valence-corrected chi connectivity index (χ4v) is 2.56. The molecule has 1 fully saturated rings. The molecule has 0 radical (unpaired) electrons. The lowest BCUT2D eigenvalue weighted by molar-refractivity contribution is 0.0648. The Bertz CT molecular complexity index is 417. The molecular formula is C15H23FN2O. The topological polar surface area (TPSA) is 24.5 Å². The summed E-state index contributed by atoms with van der Waals surface area (Å²) in [5, 5.41) is 3.47. The van der Waals surface area contributed by atoms with E-state index in [0.29, 0.717) is 11.6 Å². The van der Waals surface area contributed by atoms with Crippen LogP contribution in [0.25, 0.3) is 0 Å². The van der Waals surface area contributed by atoms with Crippen molar-refractivity contribution in [3.05, 3.63) is 35.1 Å². The van der Waals surface area contributed by atoms with Crippen LogP contribution in [-0.4, -0.2) is 44.8 Å². The quantitative estimate of drug-likeness (QED) is 0.903. The minimum atomic E-state index is -0.139. The summed E-state index contributed by atoms with van der Waals surface area (Å²) in [5.74, 6) is -0.139. The second-order valence-electron chi connectivity index (χ2n) is 5.45. The fraction of sp³-hybridized carbons (Fsp3) is 0.600. The molecule has 0 spiro atoms. The van der Waals surface area contributed by atoms with Crippen LogP contribution in [0.15, 0.2) is 18.2 Å². The lowest BCUT2D eigenvalue weighted by Gasteiger charge is -2.31. The van der Waals surface area contributed by atoms with Crippen LogP contribution in [0.5, 0.6) is 0 Å². The van der Waals surface area contributed by atoms with Gasteiger partial charge < -0.3 is 15.0 Å². The van der Waals surface area contributed by atoms with Gasteiger partial charge in [0.2, 0.25) is 0 Å².